The van der Waals surface area contributed by atoms with Crippen molar-refractivity contribution in [3.05, 3.63) is 0 Å². The molecule has 2 rings (SSSR count). The summed E-state index contributed by atoms with van der Waals surface area (Å²) in [5.41, 5.74) is 0.503. The van der Waals surface area contributed by atoms with E-state index < -0.39 is 0 Å². The van der Waals surface area contributed by atoms with Gasteiger partial charge in [-0.2, -0.15) is 0 Å². The summed E-state index contributed by atoms with van der Waals surface area (Å²) in [5, 5.41) is 3.44. The quantitative estimate of drug-likeness (QED) is 0.641. The maximum Gasteiger partial charge on any atom is 0.243 e. The van der Waals surface area contributed by atoms with Crippen molar-refractivity contribution in [3.8, 4) is 0 Å². The zero-order chi connectivity index (χ0) is 16.2. The summed E-state index contributed by atoms with van der Waals surface area (Å²) in [6.07, 6.45) is 8.12. The lowest BCUT2D eigenvalue weighted by Gasteiger charge is -2.34. The number of likely N-dealkylation sites (tertiary alicyclic amines) is 1. The summed E-state index contributed by atoms with van der Waals surface area (Å²) in [7, 11) is 3.56. The van der Waals surface area contributed by atoms with Crippen LogP contribution in [0.5, 0.6) is 0 Å². The van der Waals surface area contributed by atoms with Crippen LogP contribution in [0, 0.1) is 5.41 Å². The van der Waals surface area contributed by atoms with Gasteiger partial charge in [-0.25, -0.2) is 4.99 Å². The van der Waals surface area contributed by atoms with Crippen molar-refractivity contribution in [3.63, 3.8) is 0 Å². The molecule has 1 heterocycles. The van der Waals surface area contributed by atoms with Crippen LogP contribution in [-0.4, -0.2) is 61.4 Å². The maximum absolute atomic E-state index is 11.8. The molecule has 1 saturated carbocycles. The fourth-order valence-electron chi connectivity index (χ4n) is 3.60. The molecule has 0 aromatic rings. The SMILES string of the molecule is CC(C)NC(=NCC(=O)N(C)C)N1CCC2(CCCCC2)C1. The highest BCUT2D eigenvalue weighted by Gasteiger charge is 2.39. The van der Waals surface area contributed by atoms with Gasteiger partial charge in [0.25, 0.3) is 0 Å². The molecule has 0 bridgehead atoms. The van der Waals surface area contributed by atoms with Crippen molar-refractivity contribution < 1.29 is 4.79 Å². The number of aliphatic imine (C=N–C) groups is 1. The van der Waals surface area contributed by atoms with Crippen LogP contribution in [0.25, 0.3) is 0 Å². The van der Waals surface area contributed by atoms with Crippen molar-refractivity contribution in [1.29, 1.82) is 0 Å². The average molecular weight is 308 g/mol. The molecule has 0 radical (unpaired) electrons. The Balaban J connectivity index is 2.02. The van der Waals surface area contributed by atoms with Gasteiger partial charge >= 0.3 is 0 Å². The average Bonchev–Trinajstić information content (AvgIpc) is 2.87. The van der Waals surface area contributed by atoms with E-state index in [1.165, 1.54) is 38.5 Å². The molecule has 1 amide bonds. The molecule has 5 heteroatoms. The highest BCUT2D eigenvalue weighted by atomic mass is 16.2. The molecule has 1 saturated heterocycles. The second-order valence-electron chi connectivity index (χ2n) is 7.46. The second-order valence-corrected chi connectivity index (χ2v) is 7.46. The third-order valence-electron chi connectivity index (χ3n) is 4.93. The Morgan fingerprint density at radius 1 is 1.23 bits per heavy atom. The summed E-state index contributed by atoms with van der Waals surface area (Å²) in [6, 6.07) is 0.330. The number of guanidine groups is 1. The van der Waals surface area contributed by atoms with E-state index in [0.717, 1.165) is 19.0 Å². The normalized spacial score (nSPS) is 21.5. The van der Waals surface area contributed by atoms with Gasteiger partial charge in [0, 0.05) is 33.2 Å². The molecule has 1 N–H and O–H groups in total. The summed E-state index contributed by atoms with van der Waals surface area (Å²) in [5.74, 6) is 0.960. The summed E-state index contributed by atoms with van der Waals surface area (Å²) >= 11 is 0. The fourth-order valence-corrected chi connectivity index (χ4v) is 3.60. The molecule has 126 valence electrons. The highest BCUT2D eigenvalue weighted by molar-refractivity contribution is 5.85. The molecule has 0 aromatic heterocycles. The van der Waals surface area contributed by atoms with Crippen LogP contribution in [0.15, 0.2) is 4.99 Å². The Morgan fingerprint density at radius 2 is 1.91 bits per heavy atom. The van der Waals surface area contributed by atoms with Crippen molar-refractivity contribution in [2.75, 3.05) is 33.7 Å². The number of rotatable bonds is 3. The molecular weight excluding hydrogens is 276 g/mol. The van der Waals surface area contributed by atoms with Crippen LogP contribution in [0.3, 0.4) is 0 Å². The second kappa shape index (κ2) is 7.34. The first-order valence-corrected chi connectivity index (χ1v) is 8.68. The summed E-state index contributed by atoms with van der Waals surface area (Å²) in [4.78, 5) is 20.4. The molecule has 0 unspecified atom stereocenters. The largest absolute Gasteiger partial charge is 0.354 e. The van der Waals surface area contributed by atoms with Crippen LogP contribution >= 0.6 is 0 Å². The van der Waals surface area contributed by atoms with Crippen LogP contribution in [0.1, 0.15) is 52.4 Å². The number of amides is 1. The first-order valence-electron chi connectivity index (χ1n) is 8.68. The van der Waals surface area contributed by atoms with Crippen LogP contribution in [0.2, 0.25) is 0 Å². The molecule has 1 spiro atoms. The minimum absolute atomic E-state index is 0.0506. The molecule has 1 aliphatic carbocycles. The Bertz CT molecular complexity index is 411. The van der Waals surface area contributed by atoms with Crippen LogP contribution in [-0.2, 0) is 4.79 Å². The minimum Gasteiger partial charge on any atom is -0.354 e. The Hall–Kier alpha value is -1.26. The zero-order valence-electron chi connectivity index (χ0n) is 14.7. The van der Waals surface area contributed by atoms with E-state index in [1.54, 1.807) is 19.0 Å². The van der Waals surface area contributed by atoms with E-state index in [2.05, 4.69) is 29.1 Å². The standard InChI is InChI=1S/C17H32N4O/c1-14(2)19-16(18-12-15(22)20(3)4)21-11-10-17(13-21)8-6-5-7-9-17/h14H,5-13H2,1-4H3,(H,18,19). The lowest BCUT2D eigenvalue weighted by atomic mass is 9.73. The monoisotopic (exact) mass is 308 g/mol. The predicted molar refractivity (Wildman–Crippen MR) is 91.0 cm³/mol. The van der Waals surface area contributed by atoms with Gasteiger partial charge in [0.15, 0.2) is 5.96 Å². The van der Waals surface area contributed by atoms with E-state index in [1.807, 2.05) is 0 Å². The van der Waals surface area contributed by atoms with Gasteiger partial charge in [-0.1, -0.05) is 19.3 Å². The number of carbonyl (C=O) groups excluding carboxylic acids is 1. The molecule has 0 aromatic carbocycles. The third-order valence-corrected chi connectivity index (χ3v) is 4.93. The number of nitrogens with zero attached hydrogens (tertiary/aromatic N) is 3. The van der Waals surface area contributed by atoms with Crippen LogP contribution < -0.4 is 5.32 Å². The van der Waals surface area contributed by atoms with E-state index in [4.69, 9.17) is 0 Å². The summed E-state index contributed by atoms with van der Waals surface area (Å²) in [6.45, 7) is 6.63. The topological polar surface area (TPSA) is 47.9 Å². The van der Waals surface area contributed by atoms with Gasteiger partial charge in [-0.05, 0) is 38.5 Å². The lowest BCUT2D eigenvalue weighted by Crippen LogP contribution is -2.45. The molecule has 2 fully saturated rings. The molecule has 22 heavy (non-hydrogen) atoms. The molecule has 1 aliphatic heterocycles. The molecular formula is C17H32N4O. The van der Waals surface area contributed by atoms with E-state index >= 15 is 0 Å². The van der Waals surface area contributed by atoms with E-state index in [-0.39, 0.29) is 12.5 Å². The number of likely N-dealkylation sites (N-methyl/N-ethyl adjacent to an activating group) is 1. The van der Waals surface area contributed by atoms with Gasteiger partial charge in [-0.15, -0.1) is 0 Å². The Labute approximate surface area is 135 Å². The van der Waals surface area contributed by atoms with Crippen molar-refractivity contribution in [1.82, 2.24) is 15.1 Å². The number of nitrogens with one attached hydrogen (secondary N) is 1. The van der Waals surface area contributed by atoms with Gasteiger partial charge in [0.05, 0.1) is 0 Å². The van der Waals surface area contributed by atoms with Crippen molar-refractivity contribution in [2.45, 2.75) is 58.4 Å². The molecule has 2 aliphatic rings. The first-order chi connectivity index (χ1) is 10.4. The highest BCUT2D eigenvalue weighted by Crippen LogP contribution is 2.43. The summed E-state index contributed by atoms with van der Waals surface area (Å²) < 4.78 is 0. The van der Waals surface area contributed by atoms with E-state index in [9.17, 15) is 4.79 Å². The van der Waals surface area contributed by atoms with Crippen molar-refractivity contribution >= 4 is 11.9 Å². The van der Waals surface area contributed by atoms with E-state index in [0.29, 0.717) is 11.5 Å². The first kappa shape index (κ1) is 17.1. The Morgan fingerprint density at radius 3 is 2.50 bits per heavy atom. The fraction of sp³-hybridized carbons (Fsp3) is 0.882. The maximum atomic E-state index is 11.8. The molecule has 5 nitrogen and oxygen atoms in total. The van der Waals surface area contributed by atoms with Crippen molar-refractivity contribution in [2.24, 2.45) is 10.4 Å². The minimum atomic E-state index is 0.0506. The predicted octanol–water partition coefficient (Wildman–Crippen LogP) is 2.08. The Kier molecular flexibility index (Phi) is 5.70. The number of hydrogen-bond donors (Lipinski definition) is 1. The van der Waals surface area contributed by atoms with Gasteiger partial charge in [0.2, 0.25) is 5.91 Å². The van der Waals surface area contributed by atoms with Gasteiger partial charge in [-0.3, -0.25) is 4.79 Å². The third kappa shape index (κ3) is 4.37. The van der Waals surface area contributed by atoms with Gasteiger partial charge in [0.1, 0.15) is 6.54 Å². The zero-order valence-corrected chi connectivity index (χ0v) is 14.7. The van der Waals surface area contributed by atoms with Gasteiger partial charge < -0.3 is 15.1 Å². The van der Waals surface area contributed by atoms with Crippen LogP contribution in [0.4, 0.5) is 0 Å². The molecule has 0 atom stereocenters. The lowest BCUT2D eigenvalue weighted by molar-refractivity contribution is -0.127. The smallest absolute Gasteiger partial charge is 0.243 e. The number of carbonyl (C=O) groups is 1. The number of hydrogen-bond acceptors (Lipinski definition) is 2.